The molecule has 5 rings (SSSR count). The van der Waals surface area contributed by atoms with Gasteiger partial charge in [0.1, 0.15) is 5.78 Å². The number of carbonyl (C=O) groups excluding carboxylic acids is 5. The van der Waals surface area contributed by atoms with Gasteiger partial charge in [-0.05, 0) is 47.8 Å². The SMILES string of the molecule is CC1(CC(=O)C[C@H](C(=O)N2C[C@]3(C[C@H]2C(=O)CC(CC2CCC2)C(=O)C(N)=O)C(C)(C)C32CCC2)C(C)(C)C)COC1. The van der Waals surface area contributed by atoms with Crippen LogP contribution in [0, 0.1) is 44.8 Å². The highest BCUT2D eigenvalue weighted by atomic mass is 16.5. The predicted molar refractivity (Wildman–Crippen MR) is 158 cm³/mol. The molecule has 2 N–H and O–H groups in total. The van der Waals surface area contributed by atoms with Crippen LogP contribution < -0.4 is 5.73 Å². The molecule has 0 aromatic rings. The van der Waals surface area contributed by atoms with Crippen molar-refractivity contribution < 1.29 is 28.7 Å². The summed E-state index contributed by atoms with van der Waals surface area (Å²) in [6.45, 7) is 14.2. The van der Waals surface area contributed by atoms with Gasteiger partial charge in [-0.25, -0.2) is 0 Å². The molecule has 5 fully saturated rings. The lowest BCUT2D eigenvalue weighted by Crippen LogP contribution is -2.48. The molecule has 42 heavy (non-hydrogen) atoms. The largest absolute Gasteiger partial charge is 0.380 e. The molecule has 0 bridgehead atoms. The van der Waals surface area contributed by atoms with Crippen LogP contribution in [0.15, 0.2) is 0 Å². The molecule has 3 saturated carbocycles. The third-order valence-corrected chi connectivity index (χ3v) is 12.7. The first kappa shape index (κ1) is 31.3. The summed E-state index contributed by atoms with van der Waals surface area (Å²) < 4.78 is 5.35. The zero-order valence-electron chi connectivity index (χ0n) is 26.7. The first-order valence-electron chi connectivity index (χ1n) is 16.2. The third kappa shape index (κ3) is 4.97. The fraction of sp³-hybridized carbons (Fsp3) is 0.853. The molecule has 8 heteroatoms. The summed E-state index contributed by atoms with van der Waals surface area (Å²) in [7, 11) is 0. The maximum atomic E-state index is 14.6. The highest BCUT2D eigenvalue weighted by molar-refractivity contribution is 6.36. The Labute approximate surface area is 251 Å². The predicted octanol–water partition coefficient (Wildman–Crippen LogP) is 4.65. The van der Waals surface area contributed by atoms with E-state index in [0.717, 1.165) is 38.5 Å². The van der Waals surface area contributed by atoms with Crippen molar-refractivity contribution in [1.82, 2.24) is 4.90 Å². The number of fused-ring (bicyclic) bond motifs is 1. The Bertz CT molecular complexity index is 1160. The lowest BCUT2D eigenvalue weighted by Gasteiger charge is -2.39. The molecule has 2 saturated heterocycles. The molecule has 0 radical (unpaired) electrons. The highest BCUT2D eigenvalue weighted by Gasteiger charge is 2.85. The van der Waals surface area contributed by atoms with Gasteiger partial charge >= 0.3 is 0 Å². The minimum Gasteiger partial charge on any atom is -0.380 e. The molecular weight excluding hydrogens is 532 g/mol. The van der Waals surface area contributed by atoms with Gasteiger partial charge in [-0.2, -0.15) is 0 Å². The number of primary amides is 1. The standard InChI is InChI=1S/C34H52N2O6/c1-30(2,3)24(15-23(37)16-32(6)19-42-20-32)29(41)36-18-34(31(4,5)33(34)11-8-12-33)17-25(36)26(38)14-22(27(39)28(35)40)13-21-9-7-10-21/h21-22,24-25H,7-20H2,1-6H3,(H2,35,40)/t22?,24-,25+,34-/m1/s1. The van der Waals surface area contributed by atoms with Gasteiger partial charge in [0.25, 0.3) is 5.91 Å². The average molecular weight is 585 g/mol. The van der Waals surface area contributed by atoms with Crippen molar-refractivity contribution in [2.24, 2.45) is 50.6 Å². The Morgan fingerprint density at radius 3 is 2.02 bits per heavy atom. The molecule has 0 aromatic carbocycles. The minimum absolute atomic E-state index is 0.00600. The first-order chi connectivity index (χ1) is 19.5. The van der Waals surface area contributed by atoms with Crippen LogP contribution in [0.2, 0.25) is 0 Å². The number of Topliss-reactive ketones (excluding diaryl/α,β-unsaturated/α-hetero) is 3. The third-order valence-electron chi connectivity index (χ3n) is 12.7. The second-order valence-electron chi connectivity index (χ2n) is 16.6. The Kier molecular flexibility index (Phi) is 7.85. The number of likely N-dealkylation sites (tertiary alicyclic amines) is 1. The highest BCUT2D eigenvalue weighted by Crippen LogP contribution is 2.88. The second-order valence-corrected chi connectivity index (χ2v) is 16.6. The minimum atomic E-state index is -0.989. The quantitative estimate of drug-likeness (QED) is 0.333. The molecular formula is C34H52N2O6. The summed E-state index contributed by atoms with van der Waals surface area (Å²) in [4.78, 5) is 68.6. The number of hydrogen-bond donors (Lipinski definition) is 1. The van der Waals surface area contributed by atoms with Crippen molar-refractivity contribution in [1.29, 1.82) is 0 Å². The van der Waals surface area contributed by atoms with E-state index in [1.165, 1.54) is 0 Å². The van der Waals surface area contributed by atoms with Crippen LogP contribution >= 0.6 is 0 Å². The van der Waals surface area contributed by atoms with Gasteiger partial charge in [-0.3, -0.25) is 24.0 Å². The molecule has 2 aliphatic heterocycles. The maximum absolute atomic E-state index is 14.6. The molecule has 4 atom stereocenters. The van der Waals surface area contributed by atoms with Gasteiger partial charge in [0.15, 0.2) is 5.78 Å². The zero-order valence-corrected chi connectivity index (χ0v) is 26.7. The summed E-state index contributed by atoms with van der Waals surface area (Å²) in [6.07, 6.45) is 8.01. The van der Waals surface area contributed by atoms with E-state index in [4.69, 9.17) is 10.5 Å². The fourth-order valence-corrected chi connectivity index (χ4v) is 9.40. The zero-order chi connectivity index (χ0) is 30.9. The van der Waals surface area contributed by atoms with Crippen LogP contribution in [0.1, 0.15) is 112 Å². The van der Waals surface area contributed by atoms with Crippen LogP contribution in [0.25, 0.3) is 0 Å². The Balaban J connectivity index is 1.41. The summed E-state index contributed by atoms with van der Waals surface area (Å²) in [5.41, 5.74) is 4.76. The van der Waals surface area contributed by atoms with E-state index in [2.05, 4.69) is 13.8 Å². The molecule has 2 spiro atoms. The van der Waals surface area contributed by atoms with Crippen molar-refractivity contribution in [2.45, 2.75) is 118 Å². The van der Waals surface area contributed by atoms with E-state index in [0.29, 0.717) is 44.9 Å². The number of rotatable bonds is 12. The van der Waals surface area contributed by atoms with Gasteiger partial charge in [0, 0.05) is 48.5 Å². The number of nitrogens with two attached hydrogens (primary N) is 1. The number of amides is 2. The topological polar surface area (TPSA) is 124 Å². The normalized spacial score (nSPS) is 30.1. The molecule has 1 unspecified atom stereocenters. The van der Waals surface area contributed by atoms with E-state index in [1.54, 1.807) is 4.90 Å². The lowest BCUT2D eigenvalue weighted by molar-refractivity contribution is -0.149. The number of carbonyl (C=O) groups is 5. The summed E-state index contributed by atoms with van der Waals surface area (Å²) >= 11 is 0. The van der Waals surface area contributed by atoms with Crippen LogP contribution in [0.4, 0.5) is 0 Å². The fourth-order valence-electron chi connectivity index (χ4n) is 9.40. The average Bonchev–Trinajstić information content (AvgIpc) is 3.06. The summed E-state index contributed by atoms with van der Waals surface area (Å²) in [5.74, 6) is -2.84. The summed E-state index contributed by atoms with van der Waals surface area (Å²) in [5, 5.41) is 0. The molecule has 234 valence electrons. The second kappa shape index (κ2) is 10.5. The van der Waals surface area contributed by atoms with Gasteiger partial charge in [-0.1, -0.05) is 67.2 Å². The smallest absolute Gasteiger partial charge is 0.285 e. The Hall–Kier alpha value is -2.09. The van der Waals surface area contributed by atoms with Crippen molar-refractivity contribution in [3.05, 3.63) is 0 Å². The van der Waals surface area contributed by atoms with Gasteiger partial charge in [0.05, 0.1) is 19.3 Å². The van der Waals surface area contributed by atoms with Crippen molar-refractivity contribution in [3.63, 3.8) is 0 Å². The Morgan fingerprint density at radius 2 is 1.60 bits per heavy atom. The molecule has 0 aromatic heterocycles. The number of ketones is 3. The van der Waals surface area contributed by atoms with Crippen molar-refractivity contribution in [3.8, 4) is 0 Å². The van der Waals surface area contributed by atoms with Crippen molar-refractivity contribution in [2.75, 3.05) is 19.8 Å². The number of hydrogen-bond acceptors (Lipinski definition) is 6. The number of nitrogens with zero attached hydrogens (tertiary/aromatic N) is 1. The lowest BCUT2D eigenvalue weighted by atomic mass is 9.73. The molecule has 8 nitrogen and oxygen atoms in total. The number of ether oxygens (including phenoxy) is 1. The van der Waals surface area contributed by atoms with Crippen molar-refractivity contribution >= 4 is 29.2 Å². The van der Waals surface area contributed by atoms with Crippen LogP contribution in [-0.2, 0) is 28.7 Å². The Morgan fingerprint density at radius 1 is 0.952 bits per heavy atom. The molecule has 5 aliphatic rings. The van der Waals surface area contributed by atoms with Gasteiger partial charge in [-0.15, -0.1) is 0 Å². The van der Waals surface area contributed by atoms with Crippen LogP contribution in [0.5, 0.6) is 0 Å². The van der Waals surface area contributed by atoms with Gasteiger partial charge in [0.2, 0.25) is 11.7 Å². The van der Waals surface area contributed by atoms with Crippen LogP contribution in [0.3, 0.4) is 0 Å². The maximum Gasteiger partial charge on any atom is 0.285 e. The van der Waals surface area contributed by atoms with E-state index >= 15 is 0 Å². The van der Waals surface area contributed by atoms with Crippen LogP contribution in [-0.4, -0.2) is 59.9 Å². The van der Waals surface area contributed by atoms with E-state index < -0.39 is 35.0 Å². The van der Waals surface area contributed by atoms with E-state index in [1.807, 2.05) is 27.7 Å². The van der Waals surface area contributed by atoms with Gasteiger partial charge < -0.3 is 15.4 Å². The van der Waals surface area contributed by atoms with E-state index in [-0.39, 0.29) is 52.0 Å². The summed E-state index contributed by atoms with van der Waals surface area (Å²) in [6, 6.07) is -0.654. The first-order valence-corrected chi connectivity index (χ1v) is 16.2. The molecule has 2 amide bonds. The van der Waals surface area contributed by atoms with E-state index in [9.17, 15) is 24.0 Å². The molecule has 3 aliphatic carbocycles. The monoisotopic (exact) mass is 584 g/mol. The molecule has 2 heterocycles.